The summed E-state index contributed by atoms with van der Waals surface area (Å²) in [5.74, 6) is 0.372. The van der Waals surface area contributed by atoms with Gasteiger partial charge in [0.1, 0.15) is 5.66 Å². The number of hydrogen-bond acceptors (Lipinski definition) is 3. The first-order chi connectivity index (χ1) is 6.04. The molecule has 0 radical (unpaired) electrons. The fraction of sp³-hybridized carbons (Fsp3) is 0.900. The molecule has 0 bridgehead atoms. The van der Waals surface area contributed by atoms with Gasteiger partial charge in [-0.1, -0.05) is 20.3 Å². The van der Waals surface area contributed by atoms with Crippen LogP contribution in [0.15, 0.2) is 9.98 Å². The summed E-state index contributed by atoms with van der Waals surface area (Å²) in [6.07, 6.45) is 2.22. The number of rotatable bonds is 5. The third kappa shape index (κ3) is 6.14. The van der Waals surface area contributed by atoms with Crippen LogP contribution < -0.4 is 5.73 Å². The first kappa shape index (κ1) is 16.1. The molecule has 2 unspecified atom stereocenters. The maximum atomic E-state index is 6.00. The van der Waals surface area contributed by atoms with Gasteiger partial charge in [-0.25, -0.2) is 9.98 Å². The monoisotopic (exact) mass is 219 g/mol. The average Bonchev–Trinajstić information content (AvgIpc) is 2.05. The Hall–Kier alpha value is -0.370. The van der Waals surface area contributed by atoms with Crippen molar-refractivity contribution in [2.75, 3.05) is 6.54 Å². The van der Waals surface area contributed by atoms with Crippen LogP contribution in [0.4, 0.5) is 0 Å². The van der Waals surface area contributed by atoms with Gasteiger partial charge in [0.2, 0.25) is 0 Å². The predicted molar refractivity (Wildman–Crippen MR) is 64.3 cm³/mol. The highest BCUT2D eigenvalue weighted by Gasteiger charge is 2.24. The lowest BCUT2D eigenvalue weighted by Crippen LogP contribution is -2.40. The van der Waals surface area contributed by atoms with E-state index < -0.39 is 5.66 Å². The normalized spacial score (nSPS) is 15.8. The molecule has 0 rings (SSSR count). The topological polar surface area (TPSA) is 50.7 Å². The lowest BCUT2D eigenvalue weighted by atomic mass is 9.93. The largest absolute Gasteiger partial charge is 0.306 e. The molecule has 2 N–H and O–H groups in total. The summed E-state index contributed by atoms with van der Waals surface area (Å²) in [6, 6.07) is 2.64. The summed E-state index contributed by atoms with van der Waals surface area (Å²) in [6.45, 7) is 8.84. The molecule has 0 aliphatic rings. The summed E-state index contributed by atoms with van der Waals surface area (Å²) in [4.78, 5) is 8.03. The molecule has 0 aromatic heterocycles. The van der Waals surface area contributed by atoms with Crippen molar-refractivity contribution in [1.82, 2.24) is 0 Å². The summed E-state index contributed by atoms with van der Waals surface area (Å²) < 4.78 is 0. The minimum atomic E-state index is -0.519. The quantitative estimate of drug-likeness (QED) is 0.711. The Morgan fingerprint density at radius 3 is 2.43 bits per heavy atom. The number of halogens is 1. The lowest BCUT2D eigenvalue weighted by molar-refractivity contribution is 0.311. The molecule has 0 amide bonds. The van der Waals surface area contributed by atoms with Crippen LogP contribution in [0.5, 0.6) is 0 Å². The molecule has 0 aliphatic carbocycles. The molecule has 14 heavy (non-hydrogen) atoms. The van der Waals surface area contributed by atoms with Gasteiger partial charge in [-0.05, 0) is 26.2 Å². The molecule has 0 heterocycles. The zero-order valence-electron chi connectivity index (χ0n) is 9.58. The van der Waals surface area contributed by atoms with Gasteiger partial charge in [0.05, 0.1) is 6.01 Å². The Labute approximate surface area is 93.3 Å². The van der Waals surface area contributed by atoms with Crippen LogP contribution >= 0.6 is 12.4 Å². The van der Waals surface area contributed by atoms with E-state index in [2.05, 4.69) is 29.8 Å². The molecule has 0 saturated carbocycles. The van der Waals surface area contributed by atoms with Crippen LogP contribution in [0.25, 0.3) is 0 Å². The van der Waals surface area contributed by atoms with E-state index >= 15 is 0 Å². The van der Waals surface area contributed by atoms with Gasteiger partial charge in [0.15, 0.2) is 0 Å². The molecule has 0 aromatic carbocycles. The van der Waals surface area contributed by atoms with Crippen molar-refractivity contribution in [3.63, 3.8) is 0 Å². The van der Waals surface area contributed by atoms with Crippen LogP contribution in [-0.2, 0) is 0 Å². The van der Waals surface area contributed by atoms with Gasteiger partial charge in [-0.2, -0.15) is 0 Å². The summed E-state index contributed by atoms with van der Waals surface area (Å²) in [5, 5.41) is 0. The van der Waals surface area contributed by atoms with Crippen molar-refractivity contribution in [3.05, 3.63) is 0 Å². The molecule has 0 spiro atoms. The zero-order chi connectivity index (χ0) is 10.3. The highest BCUT2D eigenvalue weighted by atomic mass is 35.5. The van der Waals surface area contributed by atoms with E-state index in [0.717, 1.165) is 12.8 Å². The van der Waals surface area contributed by atoms with Crippen molar-refractivity contribution in [1.29, 1.82) is 0 Å². The molecule has 4 heteroatoms. The van der Waals surface area contributed by atoms with Crippen LogP contribution in [0.3, 0.4) is 0 Å². The van der Waals surface area contributed by atoms with Crippen molar-refractivity contribution in [3.8, 4) is 0 Å². The Kier molecular flexibility index (Phi) is 9.16. The van der Waals surface area contributed by atoms with Gasteiger partial charge in [-0.3, -0.25) is 0 Å². The van der Waals surface area contributed by atoms with Crippen LogP contribution in [0.2, 0.25) is 0 Å². The highest BCUT2D eigenvalue weighted by Crippen LogP contribution is 2.19. The third-order valence-corrected chi connectivity index (χ3v) is 2.24. The number of hydrogen-bond donors (Lipinski definition) is 1. The fourth-order valence-electron chi connectivity index (χ4n) is 1.05. The van der Waals surface area contributed by atoms with E-state index in [1.807, 2.05) is 13.8 Å². The zero-order valence-corrected chi connectivity index (χ0v) is 10.4. The van der Waals surface area contributed by atoms with Crippen molar-refractivity contribution >= 4 is 18.4 Å². The number of aliphatic imine (C=N–C) groups is 2. The van der Waals surface area contributed by atoms with E-state index in [4.69, 9.17) is 5.73 Å². The standard InChI is InChI=1S/C10H21N3.ClH/c1-5-7-9(3)10(4,11)13-8-12-6-2;/h9H,5-7,11H2,1-4H3;1H. The molecule has 0 aliphatic heterocycles. The Morgan fingerprint density at radius 1 is 1.43 bits per heavy atom. The second-order valence-electron chi connectivity index (χ2n) is 3.60. The van der Waals surface area contributed by atoms with Gasteiger partial charge in [0.25, 0.3) is 0 Å². The molecule has 3 nitrogen and oxygen atoms in total. The first-order valence-corrected chi connectivity index (χ1v) is 4.96. The van der Waals surface area contributed by atoms with E-state index in [0.29, 0.717) is 12.5 Å². The number of nitrogens with zero attached hydrogens (tertiary/aromatic N) is 2. The Bertz CT molecular complexity index is 196. The van der Waals surface area contributed by atoms with Crippen LogP contribution in [0.1, 0.15) is 40.5 Å². The van der Waals surface area contributed by atoms with Crippen molar-refractivity contribution in [2.24, 2.45) is 21.6 Å². The summed E-state index contributed by atoms with van der Waals surface area (Å²) in [7, 11) is 0. The van der Waals surface area contributed by atoms with Gasteiger partial charge in [-0.15, -0.1) is 12.4 Å². The molecular formula is C10H22ClN3. The second kappa shape index (κ2) is 7.98. The average molecular weight is 220 g/mol. The minimum Gasteiger partial charge on any atom is -0.306 e. The molecule has 0 aromatic rings. The molecule has 0 fully saturated rings. The maximum absolute atomic E-state index is 6.00. The molecule has 84 valence electrons. The summed E-state index contributed by atoms with van der Waals surface area (Å²) in [5.41, 5.74) is 5.48. The fourth-order valence-corrected chi connectivity index (χ4v) is 1.05. The van der Waals surface area contributed by atoms with E-state index in [1.165, 1.54) is 0 Å². The minimum absolute atomic E-state index is 0. The lowest BCUT2D eigenvalue weighted by Gasteiger charge is -2.25. The van der Waals surface area contributed by atoms with Gasteiger partial charge >= 0.3 is 0 Å². The second-order valence-corrected chi connectivity index (χ2v) is 3.60. The van der Waals surface area contributed by atoms with E-state index in [1.54, 1.807) is 0 Å². The van der Waals surface area contributed by atoms with Gasteiger partial charge in [0, 0.05) is 6.54 Å². The van der Waals surface area contributed by atoms with E-state index in [9.17, 15) is 0 Å². The van der Waals surface area contributed by atoms with Crippen molar-refractivity contribution < 1.29 is 0 Å². The SMILES string of the molecule is CCCC(C)C(C)(N)N=C=NCC.Cl. The number of nitrogens with two attached hydrogens (primary N) is 1. The van der Waals surface area contributed by atoms with Crippen LogP contribution in [0, 0.1) is 5.92 Å². The molecule has 2 atom stereocenters. The maximum Gasteiger partial charge on any atom is 0.118 e. The molecule has 0 saturated heterocycles. The highest BCUT2D eigenvalue weighted by molar-refractivity contribution is 5.85. The Balaban J connectivity index is 0. The van der Waals surface area contributed by atoms with E-state index in [-0.39, 0.29) is 12.4 Å². The smallest absolute Gasteiger partial charge is 0.118 e. The van der Waals surface area contributed by atoms with Crippen LogP contribution in [-0.4, -0.2) is 18.2 Å². The molecular weight excluding hydrogens is 198 g/mol. The third-order valence-electron chi connectivity index (χ3n) is 2.24. The van der Waals surface area contributed by atoms with Crippen molar-refractivity contribution in [2.45, 2.75) is 46.2 Å². The first-order valence-electron chi connectivity index (χ1n) is 4.96. The van der Waals surface area contributed by atoms with Gasteiger partial charge < -0.3 is 5.73 Å². The predicted octanol–water partition coefficient (Wildman–Crippen LogP) is 2.71. The Morgan fingerprint density at radius 2 is 2.00 bits per heavy atom. The summed E-state index contributed by atoms with van der Waals surface area (Å²) >= 11 is 0.